The van der Waals surface area contributed by atoms with E-state index in [-0.39, 0.29) is 17.5 Å². The summed E-state index contributed by atoms with van der Waals surface area (Å²) in [5.41, 5.74) is 1.11. The van der Waals surface area contributed by atoms with Crippen LogP contribution in [0.4, 0.5) is 10.1 Å². The van der Waals surface area contributed by atoms with E-state index in [1.54, 1.807) is 24.3 Å². The van der Waals surface area contributed by atoms with Crippen molar-refractivity contribution in [1.82, 2.24) is 0 Å². The van der Waals surface area contributed by atoms with Crippen LogP contribution in [0.15, 0.2) is 72.8 Å². The zero-order valence-corrected chi connectivity index (χ0v) is 15.9. The lowest BCUT2D eigenvalue weighted by Crippen LogP contribution is -2.14. The van der Waals surface area contributed by atoms with E-state index >= 15 is 0 Å². The third-order valence-electron chi connectivity index (χ3n) is 3.64. The predicted octanol–water partition coefficient (Wildman–Crippen LogP) is 6.14. The summed E-state index contributed by atoms with van der Waals surface area (Å²) in [5.74, 6) is 1.29. The summed E-state index contributed by atoms with van der Waals surface area (Å²) in [6.07, 6.45) is 0. The van der Waals surface area contributed by atoms with E-state index in [9.17, 15) is 9.18 Å². The first kappa shape index (κ1) is 19.3. The second-order valence-corrected chi connectivity index (χ2v) is 7.11. The van der Waals surface area contributed by atoms with Crippen molar-refractivity contribution in [2.45, 2.75) is 5.75 Å². The summed E-state index contributed by atoms with van der Waals surface area (Å²) in [6.45, 7) is 0. The third-order valence-corrected chi connectivity index (χ3v) is 4.85. The van der Waals surface area contributed by atoms with Crippen LogP contribution >= 0.6 is 23.4 Å². The highest BCUT2D eigenvalue weighted by atomic mass is 35.5. The van der Waals surface area contributed by atoms with E-state index in [1.807, 2.05) is 42.5 Å². The standard InChI is InChI=1S/C21H17ClFNO2S/c22-16-11-10-15(18(23)12-16)13-27-14-21(25)24-19-8-4-5-9-20(19)26-17-6-2-1-3-7-17/h1-12H,13-14H2,(H,24,25). The molecule has 1 amide bonds. The maximum Gasteiger partial charge on any atom is 0.234 e. The second kappa shape index (κ2) is 9.44. The highest BCUT2D eigenvalue weighted by Gasteiger charge is 2.10. The van der Waals surface area contributed by atoms with Crippen molar-refractivity contribution in [3.05, 3.63) is 89.2 Å². The highest BCUT2D eigenvalue weighted by molar-refractivity contribution is 7.99. The van der Waals surface area contributed by atoms with Crippen LogP contribution in [-0.2, 0) is 10.5 Å². The third kappa shape index (κ3) is 5.74. The molecule has 3 rings (SSSR count). The van der Waals surface area contributed by atoms with Crippen molar-refractivity contribution in [1.29, 1.82) is 0 Å². The van der Waals surface area contributed by atoms with Gasteiger partial charge in [0.1, 0.15) is 11.6 Å². The molecule has 1 N–H and O–H groups in total. The minimum Gasteiger partial charge on any atom is -0.455 e. The van der Waals surface area contributed by atoms with Gasteiger partial charge in [-0.3, -0.25) is 4.79 Å². The average molecular weight is 402 g/mol. The number of anilines is 1. The second-order valence-electron chi connectivity index (χ2n) is 5.69. The summed E-state index contributed by atoms with van der Waals surface area (Å²) in [5, 5.41) is 3.20. The Labute approximate surface area is 166 Å². The molecule has 0 saturated carbocycles. The maximum absolute atomic E-state index is 13.8. The molecule has 0 unspecified atom stereocenters. The Balaban J connectivity index is 1.56. The fraction of sp³-hybridized carbons (Fsp3) is 0.0952. The quantitative estimate of drug-likeness (QED) is 0.516. The molecule has 3 aromatic carbocycles. The number of carbonyl (C=O) groups is 1. The Hall–Kier alpha value is -2.50. The molecule has 27 heavy (non-hydrogen) atoms. The zero-order valence-electron chi connectivity index (χ0n) is 14.3. The number of carbonyl (C=O) groups excluding carboxylic acids is 1. The van der Waals surface area contributed by atoms with Crippen molar-refractivity contribution in [2.24, 2.45) is 0 Å². The Morgan fingerprint density at radius 2 is 1.78 bits per heavy atom. The van der Waals surface area contributed by atoms with Gasteiger partial charge in [-0.15, -0.1) is 11.8 Å². The molecule has 0 aliphatic rings. The lowest BCUT2D eigenvalue weighted by atomic mass is 10.2. The number of amides is 1. The number of thioether (sulfide) groups is 1. The molecule has 0 heterocycles. The first-order valence-corrected chi connectivity index (χ1v) is 9.78. The Kier molecular flexibility index (Phi) is 6.74. The van der Waals surface area contributed by atoms with Crippen LogP contribution in [-0.4, -0.2) is 11.7 Å². The number of hydrogen-bond acceptors (Lipinski definition) is 3. The van der Waals surface area contributed by atoms with E-state index in [4.69, 9.17) is 16.3 Å². The molecular weight excluding hydrogens is 385 g/mol. The number of ether oxygens (including phenoxy) is 1. The molecule has 6 heteroatoms. The molecule has 0 aliphatic heterocycles. The summed E-state index contributed by atoms with van der Waals surface area (Å²) in [6, 6.07) is 21.1. The average Bonchev–Trinajstić information content (AvgIpc) is 2.66. The van der Waals surface area contributed by atoms with E-state index in [0.717, 1.165) is 0 Å². The van der Waals surface area contributed by atoms with Crippen molar-refractivity contribution < 1.29 is 13.9 Å². The van der Waals surface area contributed by atoms with E-state index in [1.165, 1.54) is 17.8 Å². The SMILES string of the molecule is O=C(CSCc1ccc(Cl)cc1F)Nc1ccccc1Oc1ccccc1. The van der Waals surface area contributed by atoms with Gasteiger partial charge < -0.3 is 10.1 Å². The number of halogens is 2. The minimum atomic E-state index is -0.364. The van der Waals surface area contributed by atoms with E-state index in [2.05, 4.69) is 5.32 Å². The summed E-state index contributed by atoms with van der Waals surface area (Å²) in [4.78, 5) is 12.2. The van der Waals surface area contributed by atoms with Gasteiger partial charge in [0.25, 0.3) is 0 Å². The van der Waals surface area contributed by atoms with Crippen LogP contribution in [0, 0.1) is 5.82 Å². The Bertz CT molecular complexity index is 921. The molecule has 0 fully saturated rings. The van der Waals surface area contributed by atoms with Gasteiger partial charge in [-0.25, -0.2) is 4.39 Å². The van der Waals surface area contributed by atoms with Gasteiger partial charge in [-0.05, 0) is 42.0 Å². The summed E-state index contributed by atoms with van der Waals surface area (Å²) in [7, 11) is 0. The molecule has 0 atom stereocenters. The molecule has 3 nitrogen and oxygen atoms in total. The van der Waals surface area contributed by atoms with Crippen LogP contribution in [0.25, 0.3) is 0 Å². The van der Waals surface area contributed by atoms with Crippen molar-refractivity contribution in [2.75, 3.05) is 11.1 Å². The van der Waals surface area contributed by atoms with Crippen molar-refractivity contribution in [3.63, 3.8) is 0 Å². The van der Waals surface area contributed by atoms with Gasteiger partial charge in [0.15, 0.2) is 5.75 Å². The summed E-state index contributed by atoms with van der Waals surface area (Å²) >= 11 is 7.07. The largest absolute Gasteiger partial charge is 0.455 e. The van der Waals surface area contributed by atoms with Crippen LogP contribution in [0.2, 0.25) is 5.02 Å². The molecular formula is C21H17ClFNO2S. The normalized spacial score (nSPS) is 10.4. The molecule has 0 aliphatic carbocycles. The lowest BCUT2D eigenvalue weighted by Gasteiger charge is -2.12. The van der Waals surface area contributed by atoms with Crippen LogP contribution in [0.1, 0.15) is 5.56 Å². The monoisotopic (exact) mass is 401 g/mol. The number of rotatable bonds is 7. The Morgan fingerprint density at radius 1 is 1.04 bits per heavy atom. The molecule has 138 valence electrons. The van der Waals surface area contributed by atoms with Crippen molar-refractivity contribution in [3.8, 4) is 11.5 Å². The van der Waals surface area contributed by atoms with Crippen LogP contribution < -0.4 is 10.1 Å². The highest BCUT2D eigenvalue weighted by Crippen LogP contribution is 2.29. The van der Waals surface area contributed by atoms with Gasteiger partial charge in [-0.1, -0.05) is 48.0 Å². The number of benzene rings is 3. The molecule has 0 spiro atoms. The molecule has 0 aromatic heterocycles. The number of hydrogen-bond donors (Lipinski definition) is 1. The van der Waals surface area contributed by atoms with Gasteiger partial charge in [-0.2, -0.15) is 0 Å². The summed E-state index contributed by atoms with van der Waals surface area (Å²) < 4.78 is 19.6. The number of nitrogens with one attached hydrogen (secondary N) is 1. The first-order valence-electron chi connectivity index (χ1n) is 8.25. The zero-order chi connectivity index (χ0) is 19.1. The molecule has 3 aromatic rings. The smallest absolute Gasteiger partial charge is 0.234 e. The lowest BCUT2D eigenvalue weighted by molar-refractivity contribution is -0.113. The van der Waals surface area contributed by atoms with Gasteiger partial charge in [0.2, 0.25) is 5.91 Å². The fourth-order valence-electron chi connectivity index (χ4n) is 2.35. The van der Waals surface area contributed by atoms with Crippen LogP contribution in [0.5, 0.6) is 11.5 Å². The Morgan fingerprint density at radius 3 is 2.56 bits per heavy atom. The molecule has 0 bridgehead atoms. The van der Waals surface area contributed by atoms with E-state index in [0.29, 0.717) is 33.5 Å². The van der Waals surface area contributed by atoms with E-state index < -0.39 is 0 Å². The fourth-order valence-corrected chi connectivity index (χ4v) is 3.33. The minimum absolute atomic E-state index is 0.182. The maximum atomic E-state index is 13.8. The number of para-hydroxylation sites is 3. The predicted molar refractivity (Wildman–Crippen MR) is 109 cm³/mol. The molecule has 0 radical (unpaired) electrons. The van der Waals surface area contributed by atoms with Crippen molar-refractivity contribution >= 4 is 35.0 Å². The van der Waals surface area contributed by atoms with Gasteiger partial charge in [0, 0.05) is 10.8 Å². The van der Waals surface area contributed by atoms with Gasteiger partial charge in [0.05, 0.1) is 11.4 Å². The topological polar surface area (TPSA) is 38.3 Å². The van der Waals surface area contributed by atoms with Crippen LogP contribution in [0.3, 0.4) is 0 Å². The van der Waals surface area contributed by atoms with Gasteiger partial charge >= 0.3 is 0 Å². The first-order chi connectivity index (χ1) is 13.1. The molecule has 0 saturated heterocycles.